The molecule has 0 radical (unpaired) electrons. The van der Waals surface area contributed by atoms with E-state index in [2.05, 4.69) is 42.8 Å². The molecule has 1 aromatic rings. The van der Waals surface area contributed by atoms with E-state index in [1.54, 1.807) is 0 Å². The van der Waals surface area contributed by atoms with Gasteiger partial charge in [-0.25, -0.2) is 13.1 Å². The van der Waals surface area contributed by atoms with Crippen LogP contribution in [0.2, 0.25) is 0 Å². The maximum atomic E-state index is 11.5. The molecule has 0 bridgehead atoms. The van der Waals surface area contributed by atoms with Crippen molar-refractivity contribution in [2.45, 2.75) is 46.0 Å². The van der Waals surface area contributed by atoms with Crippen molar-refractivity contribution >= 4 is 10.0 Å². The molecule has 19 heavy (non-hydrogen) atoms. The smallest absolute Gasteiger partial charge is 0.211 e. The van der Waals surface area contributed by atoms with Gasteiger partial charge in [-0.1, -0.05) is 45.0 Å². The van der Waals surface area contributed by atoms with Gasteiger partial charge in [-0.2, -0.15) is 0 Å². The Labute approximate surface area is 117 Å². The lowest BCUT2D eigenvalue weighted by Crippen LogP contribution is -2.28. The van der Waals surface area contributed by atoms with E-state index in [1.807, 2.05) is 6.92 Å². The van der Waals surface area contributed by atoms with E-state index < -0.39 is 10.0 Å². The maximum absolute atomic E-state index is 11.5. The summed E-state index contributed by atoms with van der Waals surface area (Å²) in [5, 5.41) is 0. The van der Waals surface area contributed by atoms with Crippen molar-refractivity contribution in [1.29, 1.82) is 0 Å². The Balaban J connectivity index is 2.46. The summed E-state index contributed by atoms with van der Waals surface area (Å²) in [7, 11) is -3.08. The summed E-state index contributed by atoms with van der Waals surface area (Å²) in [4.78, 5) is 0. The fourth-order valence-corrected chi connectivity index (χ4v) is 3.04. The minimum absolute atomic E-state index is 0.208. The number of nitrogens with one attached hydrogen (secondary N) is 1. The molecule has 0 aromatic heterocycles. The molecular formula is C15H25NO2S. The Morgan fingerprint density at radius 1 is 1.16 bits per heavy atom. The van der Waals surface area contributed by atoms with Crippen LogP contribution in [0, 0.1) is 0 Å². The highest BCUT2D eigenvalue weighted by Crippen LogP contribution is 2.18. The van der Waals surface area contributed by atoms with Gasteiger partial charge in [0.15, 0.2) is 0 Å². The molecule has 0 fully saturated rings. The van der Waals surface area contributed by atoms with Gasteiger partial charge in [0.2, 0.25) is 10.0 Å². The zero-order valence-electron chi connectivity index (χ0n) is 12.1. The number of sulfonamides is 1. The second-order valence-corrected chi connectivity index (χ2v) is 6.94. The van der Waals surface area contributed by atoms with E-state index in [9.17, 15) is 8.42 Å². The highest BCUT2D eigenvalue weighted by Gasteiger charge is 2.07. The quantitative estimate of drug-likeness (QED) is 0.797. The van der Waals surface area contributed by atoms with Crippen LogP contribution in [0.25, 0.3) is 0 Å². The second-order valence-electron chi connectivity index (χ2n) is 5.01. The monoisotopic (exact) mass is 283 g/mol. The highest BCUT2D eigenvalue weighted by molar-refractivity contribution is 7.89. The lowest BCUT2D eigenvalue weighted by atomic mass is 9.97. The van der Waals surface area contributed by atoms with Crippen LogP contribution in [0.5, 0.6) is 0 Å². The number of hydrogen-bond donors (Lipinski definition) is 1. The van der Waals surface area contributed by atoms with Crippen molar-refractivity contribution in [3.63, 3.8) is 0 Å². The van der Waals surface area contributed by atoms with Crippen LogP contribution in [0.1, 0.15) is 50.7 Å². The third kappa shape index (κ3) is 5.74. The molecule has 0 saturated heterocycles. The molecule has 0 heterocycles. The summed E-state index contributed by atoms with van der Waals surface area (Å²) in [5.74, 6) is 0.789. The molecular weight excluding hydrogens is 258 g/mol. The molecule has 0 aliphatic carbocycles. The molecule has 1 atom stereocenters. The Bertz CT molecular complexity index is 465. The third-order valence-electron chi connectivity index (χ3n) is 3.37. The molecule has 1 rings (SSSR count). The SMILES string of the molecule is CCCS(=O)(=O)NCCc1ccc(C(C)CC)cc1. The summed E-state index contributed by atoms with van der Waals surface area (Å²) in [5.41, 5.74) is 2.52. The minimum atomic E-state index is -3.08. The van der Waals surface area contributed by atoms with E-state index in [1.165, 1.54) is 11.1 Å². The first-order chi connectivity index (χ1) is 8.98. The molecule has 4 heteroatoms. The summed E-state index contributed by atoms with van der Waals surface area (Å²) in [6.07, 6.45) is 2.53. The topological polar surface area (TPSA) is 46.2 Å². The summed E-state index contributed by atoms with van der Waals surface area (Å²) >= 11 is 0. The largest absolute Gasteiger partial charge is 0.215 e. The van der Waals surface area contributed by atoms with E-state index >= 15 is 0 Å². The van der Waals surface area contributed by atoms with Crippen LogP contribution in [-0.2, 0) is 16.4 Å². The van der Waals surface area contributed by atoms with Gasteiger partial charge in [0.05, 0.1) is 5.75 Å². The fourth-order valence-electron chi connectivity index (χ4n) is 1.94. The predicted molar refractivity (Wildman–Crippen MR) is 80.9 cm³/mol. The number of hydrogen-bond acceptors (Lipinski definition) is 2. The molecule has 1 N–H and O–H groups in total. The van der Waals surface area contributed by atoms with Crippen molar-refractivity contribution in [2.24, 2.45) is 0 Å². The molecule has 0 spiro atoms. The Kier molecular flexibility index (Phi) is 6.52. The van der Waals surface area contributed by atoms with E-state index in [0.29, 0.717) is 18.9 Å². The zero-order valence-corrected chi connectivity index (χ0v) is 13.0. The first-order valence-corrected chi connectivity index (χ1v) is 8.70. The Morgan fingerprint density at radius 3 is 2.32 bits per heavy atom. The van der Waals surface area contributed by atoms with Crippen molar-refractivity contribution in [3.8, 4) is 0 Å². The lowest BCUT2D eigenvalue weighted by molar-refractivity contribution is 0.580. The molecule has 0 amide bonds. The van der Waals surface area contributed by atoms with Gasteiger partial charge in [-0.05, 0) is 36.3 Å². The van der Waals surface area contributed by atoms with Crippen LogP contribution in [-0.4, -0.2) is 20.7 Å². The number of rotatable bonds is 8. The van der Waals surface area contributed by atoms with Crippen LogP contribution in [0.15, 0.2) is 24.3 Å². The lowest BCUT2D eigenvalue weighted by Gasteiger charge is -2.10. The molecule has 0 aliphatic rings. The molecule has 0 aliphatic heterocycles. The van der Waals surface area contributed by atoms with Gasteiger partial charge in [-0.3, -0.25) is 0 Å². The van der Waals surface area contributed by atoms with Crippen molar-refractivity contribution in [1.82, 2.24) is 4.72 Å². The molecule has 0 saturated carbocycles. The third-order valence-corrected chi connectivity index (χ3v) is 4.96. The van der Waals surface area contributed by atoms with Crippen LogP contribution in [0.4, 0.5) is 0 Å². The molecule has 108 valence electrons. The van der Waals surface area contributed by atoms with E-state index in [-0.39, 0.29) is 5.75 Å². The summed E-state index contributed by atoms with van der Waals surface area (Å²) in [6.45, 7) is 6.74. The van der Waals surface area contributed by atoms with Gasteiger partial charge in [-0.15, -0.1) is 0 Å². The van der Waals surface area contributed by atoms with Gasteiger partial charge in [0.1, 0.15) is 0 Å². The minimum Gasteiger partial charge on any atom is -0.215 e. The van der Waals surface area contributed by atoms with E-state index in [0.717, 1.165) is 12.8 Å². The van der Waals surface area contributed by atoms with Crippen molar-refractivity contribution < 1.29 is 8.42 Å². The van der Waals surface area contributed by atoms with Gasteiger partial charge in [0, 0.05) is 6.54 Å². The standard InChI is InChI=1S/C15H25NO2S/c1-4-12-19(17,18)16-11-10-14-6-8-15(9-7-14)13(3)5-2/h6-9,13,16H,4-5,10-12H2,1-3H3. The molecule has 1 unspecified atom stereocenters. The Morgan fingerprint density at radius 2 is 1.79 bits per heavy atom. The number of benzene rings is 1. The zero-order chi connectivity index (χ0) is 14.3. The molecule has 1 aromatic carbocycles. The van der Waals surface area contributed by atoms with Gasteiger partial charge >= 0.3 is 0 Å². The van der Waals surface area contributed by atoms with Crippen LogP contribution >= 0.6 is 0 Å². The summed E-state index contributed by atoms with van der Waals surface area (Å²) < 4.78 is 25.6. The highest BCUT2D eigenvalue weighted by atomic mass is 32.2. The normalized spacial score (nSPS) is 13.4. The van der Waals surface area contributed by atoms with Crippen molar-refractivity contribution in [3.05, 3.63) is 35.4 Å². The van der Waals surface area contributed by atoms with Crippen LogP contribution in [0.3, 0.4) is 0 Å². The summed E-state index contributed by atoms with van der Waals surface area (Å²) in [6, 6.07) is 8.47. The van der Waals surface area contributed by atoms with Gasteiger partial charge in [0.25, 0.3) is 0 Å². The fraction of sp³-hybridized carbons (Fsp3) is 0.600. The van der Waals surface area contributed by atoms with E-state index in [4.69, 9.17) is 0 Å². The average molecular weight is 283 g/mol. The van der Waals surface area contributed by atoms with Crippen LogP contribution < -0.4 is 4.72 Å². The predicted octanol–water partition coefficient (Wildman–Crippen LogP) is 3.07. The average Bonchev–Trinajstić information content (AvgIpc) is 2.38. The first kappa shape index (κ1) is 16.2. The Hall–Kier alpha value is -0.870. The van der Waals surface area contributed by atoms with Crippen molar-refractivity contribution in [2.75, 3.05) is 12.3 Å². The van der Waals surface area contributed by atoms with Gasteiger partial charge < -0.3 is 0 Å². The second kappa shape index (κ2) is 7.65. The molecule has 3 nitrogen and oxygen atoms in total. The first-order valence-electron chi connectivity index (χ1n) is 7.04. The maximum Gasteiger partial charge on any atom is 0.211 e.